The summed E-state index contributed by atoms with van der Waals surface area (Å²) < 4.78 is 5.75. The highest BCUT2D eigenvalue weighted by atomic mass is 35.5. The lowest BCUT2D eigenvalue weighted by atomic mass is 10.1. The predicted octanol–water partition coefficient (Wildman–Crippen LogP) is 5.44. The largest absolute Gasteiger partial charge is 0.457 e. The van der Waals surface area contributed by atoms with Gasteiger partial charge in [0.2, 0.25) is 0 Å². The fourth-order valence-electron chi connectivity index (χ4n) is 2.11. The number of benzene rings is 2. The second-order valence-electron chi connectivity index (χ2n) is 4.49. The van der Waals surface area contributed by atoms with E-state index in [1.807, 2.05) is 24.3 Å². The third-order valence-corrected chi connectivity index (χ3v) is 3.80. The minimum atomic E-state index is -0.407. The molecule has 2 aromatic carbocycles. The van der Waals surface area contributed by atoms with Crippen molar-refractivity contribution in [2.75, 3.05) is 0 Å². The molecule has 3 aromatic rings. The van der Waals surface area contributed by atoms with Gasteiger partial charge >= 0.3 is 0 Å². The van der Waals surface area contributed by atoms with E-state index in [-0.39, 0.29) is 0 Å². The molecule has 1 unspecified atom stereocenters. The highest BCUT2D eigenvalue weighted by molar-refractivity contribution is 6.38. The summed E-state index contributed by atoms with van der Waals surface area (Å²) in [7, 11) is 0. The smallest absolute Gasteiger partial charge is 0.153 e. The average molecular weight is 327 g/mol. The highest BCUT2D eigenvalue weighted by Crippen LogP contribution is 2.33. The van der Waals surface area contributed by atoms with Gasteiger partial charge in [0, 0.05) is 15.4 Å². The lowest BCUT2D eigenvalue weighted by Gasteiger charge is -2.09. The summed E-state index contributed by atoms with van der Waals surface area (Å²) in [6.45, 7) is 0. The molecule has 0 bridgehead atoms. The van der Waals surface area contributed by atoms with Crippen LogP contribution in [0.1, 0.15) is 17.4 Å². The van der Waals surface area contributed by atoms with Crippen molar-refractivity contribution in [3.05, 3.63) is 68.9 Å². The Morgan fingerprint density at radius 2 is 1.75 bits per heavy atom. The first-order valence-electron chi connectivity index (χ1n) is 5.94. The third-order valence-electron chi connectivity index (χ3n) is 3.07. The SMILES string of the molecule is NC(c1cccc(Cl)c1)c1cc2cc(Cl)cc(Cl)c2o1. The summed E-state index contributed by atoms with van der Waals surface area (Å²) >= 11 is 18.1. The second-order valence-corrected chi connectivity index (χ2v) is 5.77. The van der Waals surface area contributed by atoms with Crippen LogP contribution in [0.5, 0.6) is 0 Å². The van der Waals surface area contributed by atoms with Crippen molar-refractivity contribution in [2.45, 2.75) is 6.04 Å². The minimum absolute atomic E-state index is 0.407. The molecule has 0 fully saturated rings. The first kappa shape index (κ1) is 13.8. The summed E-state index contributed by atoms with van der Waals surface area (Å²) in [5.41, 5.74) is 7.67. The van der Waals surface area contributed by atoms with E-state index in [1.165, 1.54) is 0 Å². The summed E-state index contributed by atoms with van der Waals surface area (Å²) in [6, 6.07) is 12.2. The molecule has 2 N–H and O–H groups in total. The van der Waals surface area contributed by atoms with Crippen molar-refractivity contribution in [1.29, 1.82) is 0 Å². The van der Waals surface area contributed by atoms with E-state index in [4.69, 9.17) is 45.0 Å². The Balaban J connectivity index is 2.08. The van der Waals surface area contributed by atoms with Crippen LogP contribution < -0.4 is 5.73 Å². The van der Waals surface area contributed by atoms with Crippen LogP contribution >= 0.6 is 34.8 Å². The van der Waals surface area contributed by atoms with Gasteiger partial charge in [-0.2, -0.15) is 0 Å². The standard InChI is InChI=1S/C15H10Cl3NO/c16-10-3-1-2-8(4-10)14(19)13-6-9-5-11(17)7-12(18)15(9)20-13/h1-7,14H,19H2. The maximum absolute atomic E-state index is 6.21. The van der Waals surface area contributed by atoms with Gasteiger partial charge in [-0.05, 0) is 35.9 Å². The Morgan fingerprint density at radius 1 is 0.950 bits per heavy atom. The Hall–Kier alpha value is -1.19. The van der Waals surface area contributed by atoms with Gasteiger partial charge in [-0.25, -0.2) is 0 Å². The van der Waals surface area contributed by atoms with Crippen molar-refractivity contribution in [1.82, 2.24) is 0 Å². The lowest BCUT2D eigenvalue weighted by Crippen LogP contribution is -2.10. The van der Waals surface area contributed by atoms with Crippen molar-refractivity contribution in [2.24, 2.45) is 5.73 Å². The van der Waals surface area contributed by atoms with E-state index in [0.717, 1.165) is 10.9 Å². The number of nitrogens with two attached hydrogens (primary N) is 1. The first-order chi connectivity index (χ1) is 9.54. The van der Waals surface area contributed by atoms with Gasteiger partial charge < -0.3 is 10.2 Å². The summed E-state index contributed by atoms with van der Waals surface area (Å²) in [5.74, 6) is 0.617. The molecule has 1 heterocycles. The van der Waals surface area contributed by atoms with Crippen LogP contribution in [-0.2, 0) is 0 Å². The van der Waals surface area contributed by atoms with E-state index in [1.54, 1.807) is 18.2 Å². The number of fused-ring (bicyclic) bond motifs is 1. The Morgan fingerprint density at radius 3 is 2.50 bits per heavy atom. The van der Waals surface area contributed by atoms with E-state index in [9.17, 15) is 0 Å². The molecule has 5 heteroatoms. The van der Waals surface area contributed by atoms with E-state index < -0.39 is 6.04 Å². The minimum Gasteiger partial charge on any atom is -0.457 e. The Bertz CT molecular complexity index is 782. The molecule has 2 nitrogen and oxygen atoms in total. The third kappa shape index (κ3) is 2.52. The molecule has 0 radical (unpaired) electrons. The highest BCUT2D eigenvalue weighted by Gasteiger charge is 2.16. The first-order valence-corrected chi connectivity index (χ1v) is 7.07. The van der Waals surface area contributed by atoms with Gasteiger partial charge in [-0.3, -0.25) is 0 Å². The summed E-state index contributed by atoms with van der Waals surface area (Å²) in [6.07, 6.45) is 0. The molecule has 0 aliphatic carbocycles. The normalized spacial score (nSPS) is 12.8. The lowest BCUT2D eigenvalue weighted by molar-refractivity contribution is 0.525. The topological polar surface area (TPSA) is 39.2 Å². The van der Waals surface area contributed by atoms with Crippen LogP contribution in [0.2, 0.25) is 15.1 Å². The molecule has 3 rings (SSSR count). The van der Waals surface area contributed by atoms with Gasteiger partial charge in [0.05, 0.1) is 11.1 Å². The summed E-state index contributed by atoms with van der Waals surface area (Å²) in [5, 5.41) is 2.49. The number of halogens is 3. The van der Waals surface area contributed by atoms with Gasteiger partial charge in [0.1, 0.15) is 5.76 Å². The second kappa shape index (κ2) is 5.30. The van der Waals surface area contributed by atoms with Gasteiger partial charge in [0.15, 0.2) is 5.58 Å². The molecular weight excluding hydrogens is 317 g/mol. The molecule has 0 saturated carbocycles. The Labute approximate surface area is 131 Å². The molecule has 1 aromatic heterocycles. The molecule has 0 saturated heterocycles. The predicted molar refractivity (Wildman–Crippen MR) is 83.7 cm³/mol. The van der Waals surface area contributed by atoms with Gasteiger partial charge in [-0.15, -0.1) is 0 Å². The quantitative estimate of drug-likeness (QED) is 0.681. The van der Waals surface area contributed by atoms with E-state index in [2.05, 4.69) is 0 Å². The van der Waals surface area contributed by atoms with Gasteiger partial charge in [0.25, 0.3) is 0 Å². The number of rotatable bonds is 2. The monoisotopic (exact) mass is 325 g/mol. The maximum Gasteiger partial charge on any atom is 0.153 e. The van der Waals surface area contributed by atoms with Crippen LogP contribution in [0.15, 0.2) is 46.9 Å². The average Bonchev–Trinajstić information content (AvgIpc) is 2.82. The zero-order valence-corrected chi connectivity index (χ0v) is 12.5. The van der Waals surface area contributed by atoms with Crippen molar-refractivity contribution in [3.8, 4) is 0 Å². The van der Waals surface area contributed by atoms with Crippen LogP contribution in [0.3, 0.4) is 0 Å². The molecule has 0 aliphatic rings. The van der Waals surface area contributed by atoms with Crippen LogP contribution in [0.25, 0.3) is 11.0 Å². The molecule has 0 aliphatic heterocycles. The fraction of sp³-hybridized carbons (Fsp3) is 0.0667. The summed E-state index contributed by atoms with van der Waals surface area (Å²) in [4.78, 5) is 0. The molecule has 1 atom stereocenters. The number of hydrogen-bond donors (Lipinski definition) is 1. The van der Waals surface area contributed by atoms with Crippen molar-refractivity contribution in [3.63, 3.8) is 0 Å². The molecule has 0 amide bonds. The molecule has 20 heavy (non-hydrogen) atoms. The number of hydrogen-bond acceptors (Lipinski definition) is 2. The van der Waals surface area contributed by atoms with Crippen LogP contribution in [-0.4, -0.2) is 0 Å². The molecular formula is C15H10Cl3NO. The maximum atomic E-state index is 6.21. The Kier molecular flexibility index (Phi) is 3.65. The van der Waals surface area contributed by atoms with Crippen molar-refractivity contribution >= 4 is 45.8 Å². The zero-order valence-electron chi connectivity index (χ0n) is 10.2. The fourth-order valence-corrected chi connectivity index (χ4v) is 2.86. The zero-order chi connectivity index (χ0) is 14.3. The van der Waals surface area contributed by atoms with Crippen LogP contribution in [0.4, 0.5) is 0 Å². The van der Waals surface area contributed by atoms with Crippen LogP contribution in [0, 0.1) is 0 Å². The molecule has 0 spiro atoms. The molecule has 102 valence electrons. The van der Waals surface area contributed by atoms with E-state index >= 15 is 0 Å². The number of furan rings is 1. The van der Waals surface area contributed by atoms with E-state index in [0.29, 0.717) is 26.4 Å². The van der Waals surface area contributed by atoms with Crippen molar-refractivity contribution < 1.29 is 4.42 Å². The van der Waals surface area contributed by atoms with Gasteiger partial charge in [-0.1, -0.05) is 46.9 Å².